The van der Waals surface area contributed by atoms with Gasteiger partial charge >= 0.3 is 0 Å². The standard InChI is InChI=1S/C18H16N4O3S2/c1-12-6-8-13(9-7-12)16-19-18(21-20-16)26-11-10-22-17(23)14-4-2-3-5-15(14)27(22,24)25/h2-9H,10-11H2,1H3,(H,19,20,21). The summed E-state index contributed by atoms with van der Waals surface area (Å²) in [7, 11) is -3.77. The zero-order valence-corrected chi connectivity index (χ0v) is 16.0. The Morgan fingerprint density at radius 3 is 2.59 bits per heavy atom. The van der Waals surface area contributed by atoms with E-state index in [1.807, 2.05) is 31.2 Å². The molecule has 2 aromatic carbocycles. The van der Waals surface area contributed by atoms with Crippen LogP contribution < -0.4 is 0 Å². The molecule has 2 heterocycles. The average Bonchev–Trinajstić information content (AvgIpc) is 3.20. The predicted molar refractivity (Wildman–Crippen MR) is 102 cm³/mol. The Morgan fingerprint density at radius 2 is 1.85 bits per heavy atom. The smallest absolute Gasteiger partial charge is 0.268 e. The number of aromatic nitrogens is 3. The van der Waals surface area contributed by atoms with Gasteiger partial charge in [0.25, 0.3) is 15.9 Å². The minimum atomic E-state index is -3.77. The van der Waals surface area contributed by atoms with Gasteiger partial charge in [0.2, 0.25) is 5.16 Å². The number of aromatic amines is 1. The molecule has 3 aromatic rings. The second kappa shape index (κ2) is 6.82. The maximum Gasteiger partial charge on any atom is 0.269 e. The fraction of sp³-hybridized carbons (Fsp3) is 0.167. The number of H-pyrrole nitrogens is 1. The lowest BCUT2D eigenvalue weighted by Gasteiger charge is -2.13. The van der Waals surface area contributed by atoms with Crippen LogP contribution in [0.5, 0.6) is 0 Å². The zero-order chi connectivity index (χ0) is 19.0. The molecule has 0 aliphatic carbocycles. The molecule has 1 aromatic heterocycles. The summed E-state index contributed by atoms with van der Waals surface area (Å²) in [6.07, 6.45) is 0. The van der Waals surface area contributed by atoms with Gasteiger partial charge in [-0.3, -0.25) is 9.89 Å². The van der Waals surface area contributed by atoms with Gasteiger partial charge in [-0.1, -0.05) is 53.7 Å². The molecule has 4 rings (SSSR count). The number of sulfonamides is 1. The lowest BCUT2D eigenvalue weighted by Crippen LogP contribution is -2.32. The lowest BCUT2D eigenvalue weighted by molar-refractivity contribution is 0.0876. The molecule has 1 aliphatic heterocycles. The van der Waals surface area contributed by atoms with Crippen LogP contribution in [0, 0.1) is 6.92 Å². The normalized spacial score (nSPS) is 15.1. The van der Waals surface area contributed by atoms with E-state index in [-0.39, 0.29) is 17.0 Å². The van der Waals surface area contributed by atoms with Gasteiger partial charge in [-0.2, -0.15) is 0 Å². The summed E-state index contributed by atoms with van der Waals surface area (Å²) in [5.74, 6) is 0.528. The number of thioether (sulfide) groups is 1. The minimum Gasteiger partial charge on any atom is -0.268 e. The lowest BCUT2D eigenvalue weighted by atomic mass is 10.1. The Bertz CT molecular complexity index is 1110. The van der Waals surface area contributed by atoms with Crippen LogP contribution in [0.15, 0.2) is 58.6 Å². The van der Waals surface area contributed by atoms with Crippen LogP contribution in [-0.2, 0) is 10.0 Å². The van der Waals surface area contributed by atoms with E-state index in [0.717, 1.165) is 15.4 Å². The molecule has 0 atom stereocenters. The topological polar surface area (TPSA) is 96.0 Å². The molecular weight excluding hydrogens is 384 g/mol. The van der Waals surface area contributed by atoms with E-state index in [0.29, 0.717) is 16.7 Å². The highest BCUT2D eigenvalue weighted by Gasteiger charge is 2.40. The monoisotopic (exact) mass is 400 g/mol. The van der Waals surface area contributed by atoms with Crippen LogP contribution >= 0.6 is 11.8 Å². The van der Waals surface area contributed by atoms with Crippen molar-refractivity contribution in [2.24, 2.45) is 0 Å². The number of amides is 1. The van der Waals surface area contributed by atoms with Crippen molar-refractivity contribution in [2.45, 2.75) is 17.0 Å². The number of hydrogen-bond donors (Lipinski definition) is 1. The van der Waals surface area contributed by atoms with Crippen molar-refractivity contribution >= 4 is 27.7 Å². The fourth-order valence-corrected chi connectivity index (χ4v) is 5.23. The molecule has 0 unspecified atom stereocenters. The number of fused-ring (bicyclic) bond motifs is 1. The second-order valence-electron chi connectivity index (χ2n) is 6.06. The maximum absolute atomic E-state index is 12.5. The van der Waals surface area contributed by atoms with Gasteiger partial charge in [-0.05, 0) is 19.1 Å². The maximum atomic E-state index is 12.5. The van der Waals surface area contributed by atoms with Crippen LogP contribution in [0.4, 0.5) is 0 Å². The van der Waals surface area contributed by atoms with Gasteiger partial charge in [0.15, 0.2) is 5.82 Å². The molecule has 1 aliphatic rings. The molecule has 9 heteroatoms. The third-order valence-corrected chi connectivity index (χ3v) is 6.90. The number of benzene rings is 2. The summed E-state index contributed by atoms with van der Waals surface area (Å²) in [6.45, 7) is 2.08. The van der Waals surface area contributed by atoms with Crippen LogP contribution in [0.3, 0.4) is 0 Å². The molecule has 0 spiro atoms. The molecule has 0 saturated heterocycles. The first-order valence-electron chi connectivity index (χ1n) is 8.25. The van der Waals surface area contributed by atoms with Crippen molar-refractivity contribution in [3.63, 3.8) is 0 Å². The van der Waals surface area contributed by atoms with Crippen molar-refractivity contribution < 1.29 is 13.2 Å². The van der Waals surface area contributed by atoms with E-state index in [2.05, 4.69) is 15.2 Å². The molecular formula is C18H16N4O3S2. The van der Waals surface area contributed by atoms with Crippen LogP contribution in [0.2, 0.25) is 0 Å². The van der Waals surface area contributed by atoms with E-state index in [4.69, 9.17) is 0 Å². The van der Waals surface area contributed by atoms with Crippen molar-refractivity contribution in [1.82, 2.24) is 19.5 Å². The second-order valence-corrected chi connectivity index (χ2v) is 8.95. The molecule has 1 amide bonds. The summed E-state index contributed by atoms with van der Waals surface area (Å²) in [6, 6.07) is 14.2. The molecule has 0 fully saturated rings. The van der Waals surface area contributed by atoms with Crippen molar-refractivity contribution in [2.75, 3.05) is 12.3 Å². The molecule has 27 heavy (non-hydrogen) atoms. The highest BCUT2D eigenvalue weighted by molar-refractivity contribution is 7.99. The first-order chi connectivity index (χ1) is 13.0. The number of nitrogens with zero attached hydrogens (tertiary/aromatic N) is 3. The predicted octanol–water partition coefficient (Wildman–Crippen LogP) is 2.72. The molecule has 138 valence electrons. The van der Waals surface area contributed by atoms with Gasteiger partial charge in [-0.25, -0.2) is 17.7 Å². The molecule has 1 N–H and O–H groups in total. The van der Waals surface area contributed by atoms with Gasteiger partial charge in [-0.15, -0.1) is 5.10 Å². The highest BCUT2D eigenvalue weighted by atomic mass is 32.2. The molecule has 0 saturated carbocycles. The fourth-order valence-electron chi connectivity index (χ4n) is 2.82. The molecule has 7 nitrogen and oxygen atoms in total. The van der Waals surface area contributed by atoms with Crippen LogP contribution in [-0.4, -0.2) is 46.1 Å². The first-order valence-corrected chi connectivity index (χ1v) is 10.7. The average molecular weight is 400 g/mol. The zero-order valence-electron chi connectivity index (χ0n) is 14.4. The third-order valence-electron chi connectivity index (χ3n) is 4.23. The van der Waals surface area contributed by atoms with Crippen LogP contribution in [0.25, 0.3) is 11.4 Å². The van der Waals surface area contributed by atoms with Crippen molar-refractivity contribution in [1.29, 1.82) is 0 Å². The molecule has 0 bridgehead atoms. The van der Waals surface area contributed by atoms with Crippen molar-refractivity contribution in [3.8, 4) is 11.4 Å². The third kappa shape index (κ3) is 3.24. The Labute approximate surface area is 160 Å². The van der Waals surface area contributed by atoms with E-state index in [1.165, 1.54) is 23.9 Å². The number of nitrogens with one attached hydrogen (secondary N) is 1. The van der Waals surface area contributed by atoms with E-state index >= 15 is 0 Å². The Kier molecular flexibility index (Phi) is 4.48. The summed E-state index contributed by atoms with van der Waals surface area (Å²) < 4.78 is 25.9. The van der Waals surface area contributed by atoms with Gasteiger partial charge < -0.3 is 0 Å². The number of aryl methyl sites for hydroxylation is 1. The van der Waals surface area contributed by atoms with Gasteiger partial charge in [0, 0.05) is 17.9 Å². The number of hydrogen-bond acceptors (Lipinski definition) is 6. The Hall–Kier alpha value is -2.65. The van der Waals surface area contributed by atoms with E-state index < -0.39 is 15.9 Å². The Morgan fingerprint density at radius 1 is 1.11 bits per heavy atom. The number of carbonyl (C=O) groups excluding carboxylic acids is 1. The number of rotatable bonds is 5. The van der Waals surface area contributed by atoms with Gasteiger partial charge in [0.05, 0.1) is 5.56 Å². The molecule has 0 radical (unpaired) electrons. The van der Waals surface area contributed by atoms with Crippen LogP contribution in [0.1, 0.15) is 15.9 Å². The largest absolute Gasteiger partial charge is 0.269 e. The summed E-state index contributed by atoms with van der Waals surface area (Å²) in [4.78, 5) is 16.9. The minimum absolute atomic E-state index is 0.0644. The summed E-state index contributed by atoms with van der Waals surface area (Å²) in [5, 5.41) is 7.53. The van der Waals surface area contributed by atoms with Crippen molar-refractivity contribution in [3.05, 3.63) is 59.7 Å². The highest BCUT2D eigenvalue weighted by Crippen LogP contribution is 2.30. The quantitative estimate of drug-likeness (QED) is 0.662. The number of carbonyl (C=O) groups is 1. The van der Waals surface area contributed by atoms with E-state index in [9.17, 15) is 13.2 Å². The first kappa shape index (κ1) is 17.7. The van der Waals surface area contributed by atoms with Gasteiger partial charge in [0.1, 0.15) is 4.90 Å². The summed E-state index contributed by atoms with van der Waals surface area (Å²) in [5.41, 5.74) is 2.31. The summed E-state index contributed by atoms with van der Waals surface area (Å²) >= 11 is 1.30. The Balaban J connectivity index is 1.42. The SMILES string of the molecule is Cc1ccc(-c2nc(SCCN3C(=O)c4ccccc4S3(=O)=O)n[nH]2)cc1. The van der Waals surface area contributed by atoms with E-state index in [1.54, 1.807) is 12.1 Å².